The van der Waals surface area contributed by atoms with Crippen LogP contribution in [0.5, 0.6) is 0 Å². The second-order valence-electron chi connectivity index (χ2n) is 15.8. The lowest BCUT2D eigenvalue weighted by atomic mass is 10.2. The zero-order valence-electron chi connectivity index (χ0n) is 35.7. The maximum Gasteiger partial charge on any atom is 0.429 e. The highest BCUT2D eigenvalue weighted by Crippen LogP contribution is 2.33. The molecule has 25 heteroatoms. The normalized spacial score (nSPS) is 19.4. The summed E-state index contributed by atoms with van der Waals surface area (Å²) in [7, 11) is 0. The van der Waals surface area contributed by atoms with Crippen LogP contribution in [0.25, 0.3) is 0 Å². The summed E-state index contributed by atoms with van der Waals surface area (Å²) in [5, 5.41) is 11.6. The molecule has 0 aliphatic carbocycles. The molecule has 64 heavy (non-hydrogen) atoms. The van der Waals surface area contributed by atoms with E-state index in [-0.39, 0.29) is 88.6 Å². The van der Waals surface area contributed by atoms with Crippen LogP contribution in [0.4, 0.5) is 63.5 Å². The number of alkyl halides is 2. The molecule has 19 nitrogen and oxygen atoms in total. The monoisotopic (exact) mass is 916 g/mol. The first kappa shape index (κ1) is 48.8. The van der Waals surface area contributed by atoms with Crippen LogP contribution in [-0.4, -0.2) is 149 Å². The molecule has 0 aromatic heterocycles. The first-order chi connectivity index (χ1) is 30.1. The van der Waals surface area contributed by atoms with Gasteiger partial charge in [-0.2, -0.15) is 8.78 Å². The van der Waals surface area contributed by atoms with E-state index in [9.17, 15) is 46.3 Å². The van der Waals surface area contributed by atoms with Crippen molar-refractivity contribution in [1.29, 1.82) is 0 Å². The summed E-state index contributed by atoms with van der Waals surface area (Å²) >= 11 is 0. The van der Waals surface area contributed by atoms with Gasteiger partial charge in [-0.1, -0.05) is 0 Å². The van der Waals surface area contributed by atoms with E-state index < -0.39 is 83.1 Å². The van der Waals surface area contributed by atoms with Crippen LogP contribution in [0, 0.1) is 23.3 Å². The number of rotatable bonds is 9. The molecule has 2 aromatic carbocycles. The number of hydrazine groups is 2. The number of hydrogen-bond acceptors (Lipinski definition) is 13. The van der Waals surface area contributed by atoms with Crippen molar-refractivity contribution in [3.63, 3.8) is 0 Å². The molecule has 6 amide bonds. The number of carbonyl (C=O) groups excluding carboxylic acids is 6. The molecule has 0 radical (unpaired) electrons. The van der Waals surface area contributed by atoms with E-state index in [4.69, 9.17) is 14.2 Å². The van der Waals surface area contributed by atoms with Crippen molar-refractivity contribution in [3.8, 4) is 0 Å². The Morgan fingerprint density at radius 3 is 1.69 bits per heavy atom. The number of cyclic esters (lactones) is 2. The van der Waals surface area contributed by atoms with Crippen LogP contribution in [0.3, 0.4) is 0 Å². The Bertz CT molecular complexity index is 2040. The molecule has 2 aromatic rings. The molecule has 4 heterocycles. The first-order valence-corrected chi connectivity index (χ1v) is 20.1. The molecule has 2 atom stereocenters. The minimum absolute atomic E-state index is 0.00992. The van der Waals surface area contributed by atoms with E-state index in [0.29, 0.717) is 13.1 Å². The molecule has 4 aliphatic heterocycles. The summed E-state index contributed by atoms with van der Waals surface area (Å²) in [6.07, 6.45) is -6.78. The number of carbonyl (C=O) groups is 6. The fourth-order valence-electron chi connectivity index (χ4n) is 6.87. The Labute approximate surface area is 363 Å². The van der Waals surface area contributed by atoms with Gasteiger partial charge in [-0.3, -0.25) is 29.2 Å². The lowest BCUT2D eigenvalue weighted by Gasteiger charge is -2.36. The van der Waals surface area contributed by atoms with Gasteiger partial charge in [-0.05, 0) is 20.8 Å². The zero-order chi connectivity index (χ0) is 47.0. The van der Waals surface area contributed by atoms with Crippen molar-refractivity contribution in [2.45, 2.75) is 58.9 Å². The van der Waals surface area contributed by atoms with Crippen LogP contribution < -0.4 is 41.2 Å². The van der Waals surface area contributed by atoms with Crippen molar-refractivity contribution < 1.29 is 69.3 Å². The smallest absolute Gasteiger partial charge is 0.429 e. The van der Waals surface area contributed by atoms with E-state index in [2.05, 4.69) is 21.4 Å². The van der Waals surface area contributed by atoms with E-state index in [0.717, 1.165) is 44.0 Å². The third kappa shape index (κ3) is 12.5. The van der Waals surface area contributed by atoms with E-state index in [1.165, 1.54) is 23.9 Å². The second kappa shape index (κ2) is 21.0. The molecule has 0 spiro atoms. The third-order valence-electron chi connectivity index (χ3n) is 9.73. The maximum absolute atomic E-state index is 15.2. The Balaban J connectivity index is 0.000000241. The van der Waals surface area contributed by atoms with Gasteiger partial charge in [0.2, 0.25) is 11.8 Å². The van der Waals surface area contributed by atoms with Gasteiger partial charge in [0, 0.05) is 70.8 Å². The molecule has 0 unspecified atom stereocenters. The summed E-state index contributed by atoms with van der Waals surface area (Å²) in [5.41, 5.74) is 0.941. The van der Waals surface area contributed by atoms with Crippen LogP contribution in [0.1, 0.15) is 34.6 Å². The fraction of sp³-hybridized carbons (Fsp3) is 0.538. The van der Waals surface area contributed by atoms with E-state index >= 15 is 8.78 Å². The topological polar surface area (TPSA) is 198 Å². The van der Waals surface area contributed by atoms with E-state index in [1.54, 1.807) is 20.8 Å². The fourth-order valence-corrected chi connectivity index (χ4v) is 6.87. The number of benzene rings is 2. The van der Waals surface area contributed by atoms with Crippen molar-refractivity contribution in [3.05, 3.63) is 47.5 Å². The average Bonchev–Trinajstić information content (AvgIpc) is 3.54. The van der Waals surface area contributed by atoms with Gasteiger partial charge >= 0.3 is 24.7 Å². The lowest BCUT2D eigenvalue weighted by molar-refractivity contribution is -0.142. The van der Waals surface area contributed by atoms with Gasteiger partial charge in [0.05, 0.1) is 57.2 Å². The van der Waals surface area contributed by atoms with Crippen LogP contribution in [0.2, 0.25) is 0 Å². The number of amides is 6. The van der Waals surface area contributed by atoms with Crippen LogP contribution >= 0.6 is 0 Å². The number of anilines is 4. The molecule has 0 bridgehead atoms. The Morgan fingerprint density at radius 1 is 0.734 bits per heavy atom. The highest BCUT2D eigenvalue weighted by atomic mass is 19.3. The van der Waals surface area contributed by atoms with Gasteiger partial charge in [0.1, 0.15) is 29.2 Å². The van der Waals surface area contributed by atoms with Crippen molar-refractivity contribution >= 4 is 58.8 Å². The predicted octanol–water partition coefficient (Wildman–Crippen LogP) is 2.83. The highest BCUT2D eigenvalue weighted by molar-refractivity contribution is 5.91. The third-order valence-corrected chi connectivity index (χ3v) is 9.73. The number of halogens is 6. The molecular weight excluding hydrogens is 866 g/mol. The van der Waals surface area contributed by atoms with Gasteiger partial charge in [0.15, 0.2) is 23.3 Å². The summed E-state index contributed by atoms with van der Waals surface area (Å²) < 4.78 is 101. The van der Waals surface area contributed by atoms with Crippen molar-refractivity contribution in [2.75, 3.05) is 98.4 Å². The SMILES string of the molecule is CC(=O)NC[C@H]1CN(c2cc(F)c(N3CCN(C(=O)C(F)F)CCN3)c(F)c2)C(=O)O1.CC(=O)NC[C@H]1CN(c2cc(F)c(N3CCNCCN3C(=O)OC(C)(C)C)c(F)c2)C(=O)O1. The van der Waals surface area contributed by atoms with Gasteiger partial charge in [0.25, 0.3) is 5.91 Å². The number of nitrogens with zero attached hydrogens (tertiary/aromatic N) is 6. The molecule has 4 aliphatic rings. The maximum atomic E-state index is 15.2. The number of ether oxygens (including phenoxy) is 3. The molecule has 0 saturated carbocycles. The summed E-state index contributed by atoms with van der Waals surface area (Å²) in [6.45, 7) is 8.69. The van der Waals surface area contributed by atoms with Crippen LogP contribution in [-0.2, 0) is 28.6 Å². The minimum Gasteiger partial charge on any atom is -0.442 e. The lowest BCUT2D eigenvalue weighted by Crippen LogP contribution is -2.50. The van der Waals surface area contributed by atoms with Gasteiger partial charge in [-0.15, -0.1) is 0 Å². The van der Waals surface area contributed by atoms with E-state index in [1.807, 2.05) is 0 Å². The number of nitrogens with one attached hydrogen (secondary N) is 4. The summed E-state index contributed by atoms with van der Waals surface area (Å²) in [4.78, 5) is 73.6. The highest BCUT2D eigenvalue weighted by Gasteiger charge is 2.37. The molecule has 4 N–H and O–H groups in total. The summed E-state index contributed by atoms with van der Waals surface area (Å²) in [5.74, 6) is -5.82. The Hall–Kier alpha value is -6.24. The molecule has 4 fully saturated rings. The standard InChI is InChI=1S/C21H29F2N5O5.C18H21F4N5O4/c1-13(29)25-11-15-12-26(19(30)32-15)14-9-16(22)18(17(23)10-14)27-7-5-24-6-8-28(27)20(31)33-21(2,3)4;1-10(28)23-8-12-9-26(18(30)31-12)11-6-13(19)15(14(20)7-11)27-5-4-25(3-2-24-27)17(29)16(21)22/h9-10,15,24H,5-8,11-12H2,1-4H3,(H,25,29);6-7,12,16,24H,2-5,8-9H2,1H3,(H,23,28)/t15-;12-/m00/s1. The number of hydrogen-bond donors (Lipinski definition) is 4. The predicted molar refractivity (Wildman–Crippen MR) is 216 cm³/mol. The second-order valence-corrected chi connectivity index (χ2v) is 15.8. The molecule has 352 valence electrons. The zero-order valence-corrected chi connectivity index (χ0v) is 35.7. The van der Waals surface area contributed by atoms with Gasteiger partial charge in [-0.25, -0.2) is 42.4 Å². The first-order valence-electron chi connectivity index (χ1n) is 20.1. The quantitative estimate of drug-likeness (QED) is 0.212. The minimum atomic E-state index is -3.16. The molecule has 4 saturated heterocycles. The Kier molecular flexibility index (Phi) is 16.0. The average molecular weight is 917 g/mol. The van der Waals surface area contributed by atoms with Crippen LogP contribution in [0.15, 0.2) is 24.3 Å². The van der Waals surface area contributed by atoms with Crippen molar-refractivity contribution in [1.82, 2.24) is 31.3 Å². The molecular formula is C39H50F6N10O9. The molecule has 6 rings (SSSR count). The van der Waals surface area contributed by atoms with Gasteiger partial charge < -0.3 is 40.1 Å². The largest absolute Gasteiger partial charge is 0.442 e. The summed E-state index contributed by atoms with van der Waals surface area (Å²) in [6, 6.07) is 3.95. The van der Waals surface area contributed by atoms with Crippen molar-refractivity contribution in [2.24, 2.45) is 0 Å². The Morgan fingerprint density at radius 2 is 1.22 bits per heavy atom.